The summed E-state index contributed by atoms with van der Waals surface area (Å²) in [6.45, 7) is 2.21. The van der Waals surface area contributed by atoms with Crippen molar-refractivity contribution in [3.8, 4) is 0 Å². The highest BCUT2D eigenvalue weighted by Gasteiger charge is 2.20. The highest BCUT2D eigenvalue weighted by molar-refractivity contribution is 6.29. The third-order valence-electron chi connectivity index (χ3n) is 4.50. The van der Waals surface area contributed by atoms with Gasteiger partial charge < -0.3 is 9.88 Å². The van der Waals surface area contributed by atoms with Crippen LogP contribution in [0.3, 0.4) is 0 Å². The number of fused-ring (bicyclic) bond motifs is 1. The van der Waals surface area contributed by atoms with E-state index in [0.29, 0.717) is 34.7 Å². The van der Waals surface area contributed by atoms with Gasteiger partial charge in [0.05, 0.1) is 0 Å². The summed E-state index contributed by atoms with van der Waals surface area (Å²) in [5.41, 5.74) is -0.143. The molecule has 0 saturated heterocycles. The average molecular weight is 352 g/mol. The molecule has 2 aromatic rings. The van der Waals surface area contributed by atoms with Crippen LogP contribution in [0.5, 0.6) is 0 Å². The zero-order valence-electron chi connectivity index (χ0n) is 13.9. The van der Waals surface area contributed by atoms with Crippen molar-refractivity contribution in [2.45, 2.75) is 51.6 Å². The lowest BCUT2D eigenvalue weighted by Gasteiger charge is -2.23. The van der Waals surface area contributed by atoms with Gasteiger partial charge in [0.1, 0.15) is 0 Å². The fraction of sp³-hybridized carbons (Fsp3) is 0.562. The van der Waals surface area contributed by atoms with Gasteiger partial charge in [0, 0.05) is 24.7 Å². The van der Waals surface area contributed by atoms with Gasteiger partial charge in [-0.05, 0) is 19.8 Å². The monoisotopic (exact) mass is 351 g/mol. The van der Waals surface area contributed by atoms with E-state index >= 15 is 0 Å². The summed E-state index contributed by atoms with van der Waals surface area (Å²) in [6.07, 6.45) is 7.64. The van der Waals surface area contributed by atoms with Crippen LogP contribution in [0, 0.1) is 0 Å². The van der Waals surface area contributed by atoms with Gasteiger partial charge in [-0.1, -0.05) is 36.9 Å². The van der Waals surface area contributed by atoms with E-state index in [9.17, 15) is 9.59 Å². The van der Waals surface area contributed by atoms with Gasteiger partial charge in [0.2, 0.25) is 5.95 Å². The van der Waals surface area contributed by atoms with Crippen molar-refractivity contribution in [2.24, 2.45) is 7.05 Å². The fourth-order valence-electron chi connectivity index (χ4n) is 3.17. The number of aromatic nitrogens is 4. The molecule has 0 aliphatic heterocycles. The molecule has 0 bridgehead atoms. The number of imidazole rings is 1. The molecule has 130 valence electrons. The lowest BCUT2D eigenvalue weighted by Crippen LogP contribution is -2.29. The quantitative estimate of drug-likeness (QED) is 0.885. The molecule has 7 nitrogen and oxygen atoms in total. The number of rotatable bonds is 4. The third kappa shape index (κ3) is 3.26. The van der Waals surface area contributed by atoms with E-state index in [4.69, 9.17) is 11.6 Å². The first-order valence-corrected chi connectivity index (χ1v) is 8.63. The molecule has 1 fully saturated rings. The van der Waals surface area contributed by atoms with E-state index in [1.807, 2.05) is 6.08 Å². The molecule has 2 N–H and O–H groups in total. The molecule has 1 aliphatic carbocycles. The molecule has 0 amide bonds. The number of anilines is 1. The van der Waals surface area contributed by atoms with Gasteiger partial charge in [0.25, 0.3) is 5.56 Å². The fourth-order valence-corrected chi connectivity index (χ4v) is 3.24. The summed E-state index contributed by atoms with van der Waals surface area (Å²) in [6, 6.07) is 0.339. The van der Waals surface area contributed by atoms with Crippen molar-refractivity contribution < 1.29 is 0 Å². The Kier molecular flexibility index (Phi) is 4.80. The lowest BCUT2D eigenvalue weighted by molar-refractivity contribution is 0.459. The number of hydrogen-bond acceptors (Lipinski definition) is 4. The third-order valence-corrected chi connectivity index (χ3v) is 4.65. The second-order valence-corrected chi connectivity index (χ2v) is 6.90. The molecule has 2 aromatic heterocycles. The predicted molar refractivity (Wildman–Crippen MR) is 95.7 cm³/mol. The first-order valence-electron chi connectivity index (χ1n) is 8.25. The van der Waals surface area contributed by atoms with E-state index in [1.54, 1.807) is 18.5 Å². The maximum Gasteiger partial charge on any atom is 0.329 e. The molecule has 0 aromatic carbocycles. The summed E-state index contributed by atoms with van der Waals surface area (Å²) < 4.78 is 3.14. The normalized spacial score (nSPS) is 16.7. The molecule has 1 aliphatic rings. The molecule has 8 heteroatoms. The summed E-state index contributed by atoms with van der Waals surface area (Å²) >= 11 is 5.95. The van der Waals surface area contributed by atoms with Crippen molar-refractivity contribution in [1.29, 1.82) is 0 Å². The highest BCUT2D eigenvalue weighted by atomic mass is 35.5. The largest absolute Gasteiger partial charge is 0.353 e. The lowest BCUT2D eigenvalue weighted by atomic mass is 9.96. The first kappa shape index (κ1) is 16.8. The van der Waals surface area contributed by atoms with Gasteiger partial charge >= 0.3 is 5.69 Å². The minimum atomic E-state index is -0.467. The number of allylic oxidation sites excluding steroid dienone is 2. The molecule has 3 rings (SSSR count). The average Bonchev–Trinajstić information content (AvgIpc) is 2.90. The topological polar surface area (TPSA) is 84.7 Å². The van der Waals surface area contributed by atoms with Gasteiger partial charge in [-0.15, -0.1) is 0 Å². The number of nitrogens with zero attached hydrogens (tertiary/aromatic N) is 3. The minimum Gasteiger partial charge on any atom is -0.353 e. The Bertz CT molecular complexity index is 882. The Morgan fingerprint density at radius 3 is 2.75 bits per heavy atom. The van der Waals surface area contributed by atoms with Gasteiger partial charge in [-0.2, -0.15) is 4.98 Å². The highest BCUT2D eigenvalue weighted by Crippen LogP contribution is 2.23. The second kappa shape index (κ2) is 6.84. The smallest absolute Gasteiger partial charge is 0.329 e. The minimum absolute atomic E-state index is 0.339. The van der Waals surface area contributed by atoms with Crippen molar-refractivity contribution in [3.63, 3.8) is 0 Å². The second-order valence-electron chi connectivity index (χ2n) is 6.31. The Balaban J connectivity index is 2.11. The van der Waals surface area contributed by atoms with Crippen LogP contribution in [0.1, 0.15) is 39.0 Å². The van der Waals surface area contributed by atoms with Crippen molar-refractivity contribution in [3.05, 3.63) is 31.9 Å². The molecule has 0 unspecified atom stereocenters. The predicted octanol–water partition coefficient (Wildman–Crippen LogP) is 2.31. The Morgan fingerprint density at radius 2 is 2.08 bits per heavy atom. The van der Waals surface area contributed by atoms with Gasteiger partial charge in [-0.25, -0.2) is 4.79 Å². The maximum absolute atomic E-state index is 12.3. The molecule has 2 heterocycles. The summed E-state index contributed by atoms with van der Waals surface area (Å²) in [5, 5.41) is 4.09. The standard InChI is InChI=1S/C16H22ClN5O2/c1-10(17)8-9-22-12-13(21(2)16(24)20-14(12)23)19-15(22)18-11-6-4-3-5-7-11/h8,11H,3-7,9H2,1-2H3,(H,18,19)(H,20,23,24)/b10-8-. The van der Waals surface area contributed by atoms with E-state index in [1.165, 1.54) is 23.8 Å². The number of hydrogen-bond donors (Lipinski definition) is 2. The van der Waals surface area contributed by atoms with Crippen LogP contribution in [0.15, 0.2) is 20.7 Å². The number of nitrogens with one attached hydrogen (secondary N) is 2. The molecular weight excluding hydrogens is 330 g/mol. The van der Waals surface area contributed by atoms with Crippen molar-refractivity contribution >= 4 is 28.7 Å². The van der Waals surface area contributed by atoms with E-state index in [-0.39, 0.29) is 0 Å². The van der Waals surface area contributed by atoms with Crippen molar-refractivity contribution in [1.82, 2.24) is 19.1 Å². The van der Waals surface area contributed by atoms with E-state index in [0.717, 1.165) is 12.8 Å². The molecule has 1 saturated carbocycles. The Morgan fingerprint density at radius 1 is 1.38 bits per heavy atom. The van der Waals surface area contributed by atoms with Crippen LogP contribution in [0.4, 0.5) is 5.95 Å². The van der Waals surface area contributed by atoms with E-state index in [2.05, 4.69) is 15.3 Å². The SMILES string of the molecule is C/C(Cl)=C/Cn1c(NC2CCCCC2)nc2c1c(=O)[nH]c(=O)n2C. The summed E-state index contributed by atoms with van der Waals surface area (Å²) in [5.74, 6) is 0.609. The zero-order chi connectivity index (χ0) is 17.3. The van der Waals surface area contributed by atoms with Gasteiger partial charge in [0.15, 0.2) is 11.2 Å². The van der Waals surface area contributed by atoms with Crippen LogP contribution in [-0.2, 0) is 13.6 Å². The molecule has 0 spiro atoms. The molecule has 0 radical (unpaired) electrons. The van der Waals surface area contributed by atoms with Gasteiger partial charge in [-0.3, -0.25) is 14.3 Å². The van der Waals surface area contributed by atoms with Crippen LogP contribution in [0.25, 0.3) is 11.2 Å². The molecule has 0 atom stereocenters. The Hall–Kier alpha value is -2.02. The van der Waals surface area contributed by atoms with Crippen LogP contribution >= 0.6 is 11.6 Å². The number of halogens is 1. The zero-order valence-corrected chi connectivity index (χ0v) is 14.7. The molecule has 24 heavy (non-hydrogen) atoms. The summed E-state index contributed by atoms with van der Waals surface area (Å²) in [7, 11) is 1.60. The van der Waals surface area contributed by atoms with Crippen LogP contribution < -0.4 is 16.6 Å². The maximum atomic E-state index is 12.3. The van der Waals surface area contributed by atoms with Crippen LogP contribution in [0.2, 0.25) is 0 Å². The molecular formula is C16H22ClN5O2. The Labute approximate surface area is 144 Å². The number of H-pyrrole nitrogens is 1. The van der Waals surface area contributed by atoms with Crippen LogP contribution in [-0.4, -0.2) is 25.1 Å². The summed E-state index contributed by atoms with van der Waals surface area (Å²) in [4.78, 5) is 31.0. The number of aryl methyl sites for hydroxylation is 1. The number of aromatic amines is 1. The van der Waals surface area contributed by atoms with Crippen molar-refractivity contribution in [2.75, 3.05) is 5.32 Å². The first-order chi connectivity index (χ1) is 11.5. The van der Waals surface area contributed by atoms with E-state index < -0.39 is 11.2 Å².